The lowest BCUT2D eigenvalue weighted by Crippen LogP contribution is -2.56. The Balaban J connectivity index is 2.05. The van der Waals surface area contributed by atoms with Crippen LogP contribution in [0.5, 0.6) is 0 Å². The average Bonchev–Trinajstić information content (AvgIpc) is 2.33. The van der Waals surface area contributed by atoms with Crippen molar-refractivity contribution in [2.75, 3.05) is 32.6 Å². The summed E-state index contributed by atoms with van der Waals surface area (Å²) in [5.41, 5.74) is 2.54. The summed E-state index contributed by atoms with van der Waals surface area (Å²) < 4.78 is 0. The molecule has 1 N–H and O–H groups in total. The number of benzene rings is 1. The van der Waals surface area contributed by atoms with Gasteiger partial charge in [0.15, 0.2) is 0 Å². The number of anilines is 1. The smallest absolute Gasteiger partial charge is 0.0761 e. The normalized spacial score (nSPS) is 19.1. The summed E-state index contributed by atoms with van der Waals surface area (Å²) in [6.07, 6.45) is 3.53. The lowest BCUT2D eigenvalue weighted by Gasteiger charge is -2.49. The van der Waals surface area contributed by atoms with Gasteiger partial charge in [0.2, 0.25) is 0 Å². The van der Waals surface area contributed by atoms with Crippen molar-refractivity contribution in [3.63, 3.8) is 0 Å². The van der Waals surface area contributed by atoms with Gasteiger partial charge in [-0.15, -0.1) is 0 Å². The first kappa shape index (κ1) is 14.4. The molecule has 0 radical (unpaired) electrons. The van der Waals surface area contributed by atoms with Gasteiger partial charge in [-0.3, -0.25) is 0 Å². The molecule has 1 aliphatic rings. The van der Waals surface area contributed by atoms with Crippen molar-refractivity contribution in [3.8, 4) is 0 Å². The fourth-order valence-electron chi connectivity index (χ4n) is 2.87. The van der Waals surface area contributed by atoms with Crippen LogP contribution in [0.2, 0.25) is 0 Å². The maximum atomic E-state index is 9.54. The van der Waals surface area contributed by atoms with Gasteiger partial charge in [0.1, 0.15) is 0 Å². The minimum atomic E-state index is -0.390. The van der Waals surface area contributed by atoms with E-state index in [2.05, 4.69) is 43.1 Å². The topological polar surface area (TPSA) is 26.7 Å². The summed E-state index contributed by atoms with van der Waals surface area (Å²) in [6.45, 7) is 2.86. The number of likely N-dealkylation sites (N-methyl/N-ethyl adjacent to an activating group) is 2. The van der Waals surface area contributed by atoms with Crippen molar-refractivity contribution in [1.82, 2.24) is 4.90 Å². The molecule has 0 aliphatic heterocycles. The highest BCUT2D eigenvalue weighted by Gasteiger charge is 2.39. The molecule has 3 nitrogen and oxygen atoms in total. The van der Waals surface area contributed by atoms with Crippen LogP contribution < -0.4 is 4.90 Å². The maximum absolute atomic E-state index is 9.54. The zero-order valence-electron chi connectivity index (χ0n) is 12.6. The predicted molar refractivity (Wildman–Crippen MR) is 80.6 cm³/mol. The summed E-state index contributed by atoms with van der Waals surface area (Å²) >= 11 is 0. The third-order valence-corrected chi connectivity index (χ3v) is 4.58. The number of hydrogen-bond donors (Lipinski definition) is 1. The minimum absolute atomic E-state index is 0.345. The van der Waals surface area contributed by atoms with Crippen LogP contribution in [0.3, 0.4) is 0 Å². The molecule has 0 saturated heterocycles. The molecule has 0 unspecified atom stereocenters. The fourth-order valence-corrected chi connectivity index (χ4v) is 2.87. The molecule has 0 aromatic heterocycles. The van der Waals surface area contributed by atoms with Gasteiger partial charge in [0, 0.05) is 24.8 Å². The van der Waals surface area contributed by atoms with Gasteiger partial charge in [-0.1, -0.05) is 12.1 Å². The van der Waals surface area contributed by atoms with Gasteiger partial charge >= 0.3 is 0 Å². The van der Waals surface area contributed by atoms with Crippen LogP contribution in [0.15, 0.2) is 24.3 Å². The summed E-state index contributed by atoms with van der Waals surface area (Å²) in [4.78, 5) is 4.70. The third-order valence-electron chi connectivity index (χ3n) is 4.58. The molecule has 1 atom stereocenters. The fraction of sp³-hybridized carbons (Fsp3) is 0.625. The van der Waals surface area contributed by atoms with Crippen LogP contribution in [0.25, 0.3) is 0 Å². The quantitative estimate of drug-likeness (QED) is 0.884. The van der Waals surface area contributed by atoms with Crippen molar-refractivity contribution in [3.05, 3.63) is 29.8 Å². The summed E-state index contributed by atoms with van der Waals surface area (Å²) in [6, 6.07) is 8.23. The zero-order valence-corrected chi connectivity index (χ0v) is 12.6. The molecule has 1 aromatic rings. The van der Waals surface area contributed by atoms with Gasteiger partial charge in [0.05, 0.1) is 6.10 Å². The molecule has 1 aliphatic carbocycles. The van der Waals surface area contributed by atoms with E-state index in [9.17, 15) is 5.11 Å². The van der Waals surface area contributed by atoms with Crippen molar-refractivity contribution in [2.45, 2.75) is 37.8 Å². The number of aliphatic hydroxyl groups is 1. The molecule has 3 heteroatoms. The highest BCUT2D eigenvalue weighted by Crippen LogP contribution is 2.37. The van der Waals surface area contributed by atoms with E-state index >= 15 is 0 Å². The van der Waals surface area contributed by atoms with Crippen LogP contribution in [-0.4, -0.2) is 43.2 Å². The minimum Gasteiger partial charge on any atom is -0.389 e. The van der Waals surface area contributed by atoms with Crippen LogP contribution in [-0.2, 0) is 0 Å². The second kappa shape index (κ2) is 5.51. The van der Waals surface area contributed by atoms with E-state index in [-0.39, 0.29) is 6.10 Å². The highest BCUT2D eigenvalue weighted by atomic mass is 16.3. The van der Waals surface area contributed by atoms with Gasteiger partial charge < -0.3 is 14.9 Å². The number of rotatable bonds is 5. The van der Waals surface area contributed by atoms with E-state index in [1.165, 1.54) is 24.9 Å². The zero-order chi connectivity index (χ0) is 14.0. The highest BCUT2D eigenvalue weighted by molar-refractivity contribution is 5.47. The molecule has 0 amide bonds. The van der Waals surface area contributed by atoms with Gasteiger partial charge in [-0.2, -0.15) is 0 Å². The van der Waals surface area contributed by atoms with E-state index in [4.69, 9.17) is 0 Å². The molecule has 1 aromatic carbocycles. The van der Waals surface area contributed by atoms with Crippen LogP contribution in [0.4, 0.5) is 5.69 Å². The van der Waals surface area contributed by atoms with Crippen LogP contribution in [0.1, 0.15) is 37.9 Å². The molecule has 106 valence electrons. The molecule has 0 heterocycles. The second-order valence-electron chi connectivity index (χ2n) is 6.10. The Bertz CT molecular complexity index is 407. The second-order valence-corrected chi connectivity index (χ2v) is 6.10. The predicted octanol–water partition coefficient (Wildman–Crippen LogP) is 2.66. The SMILES string of the molecule is C[C@H](O)c1ccc(N(C)CC2(N(C)C)CCC2)cc1. The van der Waals surface area contributed by atoms with Crippen molar-refractivity contribution >= 4 is 5.69 Å². The Morgan fingerprint density at radius 2 is 1.74 bits per heavy atom. The summed E-state index contributed by atoms with van der Waals surface area (Å²) in [5, 5.41) is 9.54. The Morgan fingerprint density at radius 3 is 2.11 bits per heavy atom. The molecule has 0 bridgehead atoms. The lowest BCUT2D eigenvalue weighted by molar-refractivity contribution is 0.0683. The maximum Gasteiger partial charge on any atom is 0.0761 e. The van der Waals surface area contributed by atoms with Crippen molar-refractivity contribution in [2.24, 2.45) is 0 Å². The summed E-state index contributed by atoms with van der Waals surface area (Å²) in [7, 11) is 6.52. The van der Waals surface area contributed by atoms with Crippen molar-refractivity contribution < 1.29 is 5.11 Å². The molecular formula is C16H26N2O. The molecule has 1 saturated carbocycles. The number of aliphatic hydroxyl groups excluding tert-OH is 1. The van der Waals surface area contributed by atoms with Gasteiger partial charge in [-0.25, -0.2) is 0 Å². The van der Waals surface area contributed by atoms with Crippen LogP contribution in [0, 0.1) is 0 Å². The monoisotopic (exact) mass is 262 g/mol. The van der Waals surface area contributed by atoms with E-state index in [1.807, 2.05) is 12.1 Å². The Kier molecular flexibility index (Phi) is 4.16. The van der Waals surface area contributed by atoms with Crippen LogP contribution >= 0.6 is 0 Å². The summed E-state index contributed by atoms with van der Waals surface area (Å²) in [5.74, 6) is 0. The largest absolute Gasteiger partial charge is 0.389 e. The standard InChI is InChI=1S/C16H26N2O/c1-13(19)14-6-8-15(9-7-14)18(4)12-16(17(2)3)10-5-11-16/h6-9,13,19H,5,10-12H2,1-4H3/t13-/m0/s1. The Labute approximate surface area is 116 Å². The number of hydrogen-bond acceptors (Lipinski definition) is 3. The molecule has 19 heavy (non-hydrogen) atoms. The first-order valence-electron chi connectivity index (χ1n) is 7.11. The van der Waals surface area contributed by atoms with E-state index in [1.54, 1.807) is 6.92 Å². The molecular weight excluding hydrogens is 236 g/mol. The average molecular weight is 262 g/mol. The van der Waals surface area contributed by atoms with Gasteiger partial charge in [0.25, 0.3) is 0 Å². The van der Waals surface area contributed by atoms with E-state index in [0.29, 0.717) is 5.54 Å². The van der Waals surface area contributed by atoms with E-state index in [0.717, 1.165) is 12.1 Å². The first-order valence-corrected chi connectivity index (χ1v) is 7.11. The van der Waals surface area contributed by atoms with E-state index < -0.39 is 0 Å². The Morgan fingerprint density at radius 1 is 1.16 bits per heavy atom. The van der Waals surface area contributed by atoms with Gasteiger partial charge in [-0.05, 0) is 58.0 Å². The lowest BCUT2D eigenvalue weighted by atomic mass is 9.75. The molecule has 0 spiro atoms. The molecule has 1 fully saturated rings. The van der Waals surface area contributed by atoms with Crippen molar-refractivity contribution in [1.29, 1.82) is 0 Å². The molecule has 2 rings (SSSR count). The third kappa shape index (κ3) is 2.93. The first-order chi connectivity index (χ1) is 8.94. The number of nitrogens with zero attached hydrogens (tertiary/aromatic N) is 2. The Hall–Kier alpha value is -1.06.